The van der Waals surface area contributed by atoms with Gasteiger partial charge in [0.15, 0.2) is 0 Å². The lowest BCUT2D eigenvalue weighted by atomic mass is 10.1. The molecule has 1 aromatic heterocycles. The van der Waals surface area contributed by atoms with E-state index in [1.807, 2.05) is 6.20 Å². The standard InChI is InChI=1S/C16H16ClFN2/c1-10-2-5-12(17)13(14(10)18)15-19-8-9-20(15)16(6-7-16)11-3-4-11/h2,5,8-9,11H,3-4,6-7H2,1H3. The molecule has 2 saturated carbocycles. The van der Waals surface area contributed by atoms with Gasteiger partial charge in [-0.1, -0.05) is 17.7 Å². The Hall–Kier alpha value is -1.35. The van der Waals surface area contributed by atoms with E-state index in [1.54, 1.807) is 25.3 Å². The summed E-state index contributed by atoms with van der Waals surface area (Å²) in [6.07, 6.45) is 8.65. The van der Waals surface area contributed by atoms with Gasteiger partial charge in [-0.2, -0.15) is 0 Å². The molecule has 2 aliphatic carbocycles. The highest BCUT2D eigenvalue weighted by Gasteiger charge is 2.56. The Morgan fingerprint density at radius 3 is 2.75 bits per heavy atom. The molecule has 0 unspecified atom stereocenters. The summed E-state index contributed by atoms with van der Waals surface area (Å²) in [5, 5.41) is 0.437. The van der Waals surface area contributed by atoms with Gasteiger partial charge in [0, 0.05) is 17.9 Å². The Morgan fingerprint density at radius 1 is 1.35 bits per heavy atom. The lowest BCUT2D eigenvalue weighted by Gasteiger charge is -2.20. The molecule has 0 bridgehead atoms. The second-order valence-corrected chi connectivity index (χ2v) is 6.46. The summed E-state index contributed by atoms with van der Waals surface area (Å²) in [4.78, 5) is 4.40. The maximum Gasteiger partial charge on any atom is 0.144 e. The van der Waals surface area contributed by atoms with Crippen LogP contribution in [0.4, 0.5) is 4.39 Å². The molecule has 0 spiro atoms. The lowest BCUT2D eigenvalue weighted by molar-refractivity contribution is 0.424. The number of aryl methyl sites for hydroxylation is 1. The highest BCUT2D eigenvalue weighted by molar-refractivity contribution is 6.33. The average Bonchev–Trinajstić information content (AvgIpc) is 3.33. The topological polar surface area (TPSA) is 17.8 Å². The van der Waals surface area contributed by atoms with Crippen LogP contribution in [0, 0.1) is 18.7 Å². The van der Waals surface area contributed by atoms with Crippen molar-refractivity contribution < 1.29 is 4.39 Å². The van der Waals surface area contributed by atoms with Gasteiger partial charge in [-0.05, 0) is 50.2 Å². The van der Waals surface area contributed by atoms with Crippen molar-refractivity contribution >= 4 is 11.6 Å². The van der Waals surface area contributed by atoms with Crippen molar-refractivity contribution in [1.82, 2.24) is 9.55 Å². The summed E-state index contributed by atoms with van der Waals surface area (Å²) < 4.78 is 16.7. The number of hydrogen-bond acceptors (Lipinski definition) is 1. The Balaban J connectivity index is 1.89. The van der Waals surface area contributed by atoms with Crippen LogP contribution in [0.2, 0.25) is 5.02 Å². The summed E-state index contributed by atoms with van der Waals surface area (Å²) >= 11 is 6.24. The van der Waals surface area contributed by atoms with Gasteiger partial charge in [0.1, 0.15) is 11.6 Å². The molecule has 1 heterocycles. The smallest absolute Gasteiger partial charge is 0.144 e. The SMILES string of the molecule is Cc1ccc(Cl)c(-c2nccn2C2(C3CC3)CC2)c1F. The van der Waals surface area contributed by atoms with E-state index in [4.69, 9.17) is 11.6 Å². The first kappa shape index (κ1) is 12.4. The van der Waals surface area contributed by atoms with Crippen molar-refractivity contribution in [2.24, 2.45) is 5.92 Å². The Labute approximate surface area is 122 Å². The second-order valence-electron chi connectivity index (χ2n) is 6.05. The molecule has 0 radical (unpaired) electrons. The summed E-state index contributed by atoms with van der Waals surface area (Å²) in [5.74, 6) is 1.17. The van der Waals surface area contributed by atoms with Gasteiger partial charge in [0.05, 0.1) is 10.6 Å². The van der Waals surface area contributed by atoms with E-state index in [0.29, 0.717) is 22.0 Å². The van der Waals surface area contributed by atoms with E-state index in [0.717, 1.165) is 5.92 Å². The van der Waals surface area contributed by atoms with E-state index in [9.17, 15) is 4.39 Å². The third-order valence-corrected chi connectivity index (χ3v) is 5.04. The molecule has 2 aromatic rings. The van der Waals surface area contributed by atoms with Gasteiger partial charge in [-0.3, -0.25) is 0 Å². The normalized spacial score (nSPS) is 20.1. The van der Waals surface area contributed by atoms with E-state index in [-0.39, 0.29) is 11.4 Å². The molecule has 0 saturated heterocycles. The molecule has 2 fully saturated rings. The first-order valence-corrected chi connectivity index (χ1v) is 7.50. The van der Waals surface area contributed by atoms with Gasteiger partial charge in [-0.15, -0.1) is 0 Å². The maximum absolute atomic E-state index is 14.5. The van der Waals surface area contributed by atoms with Crippen molar-refractivity contribution in [2.75, 3.05) is 0 Å². The predicted octanol–water partition coefficient (Wildman–Crippen LogP) is 4.55. The number of rotatable bonds is 3. The highest BCUT2D eigenvalue weighted by Crippen LogP contribution is 2.60. The molecule has 4 heteroatoms. The molecule has 1 aromatic carbocycles. The maximum atomic E-state index is 14.5. The van der Waals surface area contributed by atoms with Crippen LogP contribution in [-0.2, 0) is 5.54 Å². The van der Waals surface area contributed by atoms with Crippen LogP contribution in [0.15, 0.2) is 24.5 Å². The molecule has 4 rings (SSSR count). The third-order valence-electron chi connectivity index (χ3n) is 4.73. The van der Waals surface area contributed by atoms with Crippen LogP contribution < -0.4 is 0 Å². The van der Waals surface area contributed by atoms with E-state index in [1.165, 1.54) is 25.7 Å². The fourth-order valence-electron chi connectivity index (χ4n) is 3.30. The minimum Gasteiger partial charge on any atom is -0.324 e. The van der Waals surface area contributed by atoms with E-state index < -0.39 is 0 Å². The van der Waals surface area contributed by atoms with Gasteiger partial charge in [0.25, 0.3) is 0 Å². The number of halogens is 2. The lowest BCUT2D eigenvalue weighted by Crippen LogP contribution is -2.20. The monoisotopic (exact) mass is 290 g/mol. The second kappa shape index (κ2) is 4.08. The zero-order valence-corrected chi connectivity index (χ0v) is 12.1. The minimum atomic E-state index is -0.253. The fraction of sp³-hybridized carbons (Fsp3) is 0.438. The van der Waals surface area contributed by atoms with Crippen LogP contribution in [-0.4, -0.2) is 9.55 Å². The van der Waals surface area contributed by atoms with Crippen LogP contribution in [0.1, 0.15) is 31.2 Å². The van der Waals surface area contributed by atoms with Crippen LogP contribution in [0.5, 0.6) is 0 Å². The fourth-order valence-corrected chi connectivity index (χ4v) is 3.53. The van der Waals surface area contributed by atoms with E-state index in [2.05, 4.69) is 9.55 Å². The summed E-state index contributed by atoms with van der Waals surface area (Å²) in [5.41, 5.74) is 1.24. The molecular formula is C16H16ClFN2. The molecule has 0 N–H and O–H groups in total. The average molecular weight is 291 g/mol. The minimum absolute atomic E-state index is 0.186. The van der Waals surface area contributed by atoms with Crippen LogP contribution >= 0.6 is 11.6 Å². The number of hydrogen-bond donors (Lipinski definition) is 0. The largest absolute Gasteiger partial charge is 0.324 e. The molecule has 104 valence electrons. The zero-order chi connectivity index (χ0) is 13.9. The van der Waals surface area contributed by atoms with Crippen molar-refractivity contribution in [2.45, 2.75) is 38.1 Å². The van der Waals surface area contributed by atoms with Gasteiger partial charge >= 0.3 is 0 Å². The Kier molecular flexibility index (Phi) is 2.53. The third kappa shape index (κ3) is 1.65. The Bertz CT molecular complexity index is 684. The van der Waals surface area contributed by atoms with Gasteiger partial charge in [-0.25, -0.2) is 9.37 Å². The molecule has 2 nitrogen and oxygen atoms in total. The number of benzene rings is 1. The van der Waals surface area contributed by atoms with Gasteiger partial charge < -0.3 is 4.57 Å². The van der Waals surface area contributed by atoms with Crippen molar-refractivity contribution in [1.29, 1.82) is 0 Å². The van der Waals surface area contributed by atoms with Crippen molar-refractivity contribution in [3.63, 3.8) is 0 Å². The molecule has 0 aliphatic heterocycles. The summed E-state index contributed by atoms with van der Waals surface area (Å²) in [7, 11) is 0. The number of nitrogens with zero attached hydrogens (tertiary/aromatic N) is 2. The quantitative estimate of drug-likeness (QED) is 0.811. The first-order valence-electron chi connectivity index (χ1n) is 7.12. The Morgan fingerprint density at radius 2 is 2.10 bits per heavy atom. The van der Waals surface area contributed by atoms with Crippen molar-refractivity contribution in [3.05, 3.63) is 40.9 Å². The first-order chi connectivity index (χ1) is 9.63. The molecule has 0 atom stereocenters. The summed E-state index contributed by atoms with van der Waals surface area (Å²) in [6, 6.07) is 3.47. The molecule has 2 aliphatic rings. The van der Waals surface area contributed by atoms with Gasteiger partial charge in [0.2, 0.25) is 0 Å². The van der Waals surface area contributed by atoms with E-state index >= 15 is 0 Å². The molecule has 20 heavy (non-hydrogen) atoms. The zero-order valence-electron chi connectivity index (χ0n) is 11.4. The molecular weight excluding hydrogens is 275 g/mol. The predicted molar refractivity (Wildman–Crippen MR) is 77.3 cm³/mol. The van der Waals surface area contributed by atoms with Crippen molar-refractivity contribution in [3.8, 4) is 11.4 Å². The molecule has 0 amide bonds. The number of imidazole rings is 1. The summed E-state index contributed by atoms with van der Waals surface area (Å²) in [6.45, 7) is 1.76. The number of aromatic nitrogens is 2. The van der Waals surface area contributed by atoms with Crippen LogP contribution in [0.25, 0.3) is 11.4 Å². The van der Waals surface area contributed by atoms with Crippen LogP contribution in [0.3, 0.4) is 0 Å². The highest BCUT2D eigenvalue weighted by atomic mass is 35.5.